The number of rotatable bonds is 8. The molecule has 1 aliphatic heterocycles. The van der Waals surface area contributed by atoms with Crippen LogP contribution >= 0.6 is 0 Å². The topological polar surface area (TPSA) is 133 Å². The number of esters is 1. The Morgan fingerprint density at radius 3 is 2.50 bits per heavy atom. The highest BCUT2D eigenvalue weighted by atomic mass is 16.5. The minimum Gasteiger partial charge on any atom is -0.461 e. The van der Waals surface area contributed by atoms with Crippen LogP contribution in [-0.2, 0) is 23.7 Å². The molecule has 42 heavy (non-hydrogen) atoms. The smallest absolute Gasteiger partial charge is 0.340 e. The van der Waals surface area contributed by atoms with E-state index in [1.807, 2.05) is 0 Å². The number of anilines is 1. The van der Waals surface area contributed by atoms with Crippen LogP contribution in [0.15, 0.2) is 24.3 Å². The number of carbonyl (C=O) groups is 1. The van der Waals surface area contributed by atoms with Crippen LogP contribution < -0.4 is 5.73 Å². The van der Waals surface area contributed by atoms with Crippen LogP contribution in [0.25, 0.3) is 0 Å². The van der Waals surface area contributed by atoms with Gasteiger partial charge in [0.15, 0.2) is 0 Å². The molecule has 1 saturated heterocycles. The molecule has 0 radical (unpaired) electrons. The van der Waals surface area contributed by atoms with Gasteiger partial charge in [-0.25, -0.2) is 4.79 Å². The van der Waals surface area contributed by atoms with Crippen molar-refractivity contribution in [2.75, 3.05) is 53.9 Å². The average molecular weight is 587 g/mol. The van der Waals surface area contributed by atoms with Gasteiger partial charge in [0.25, 0.3) is 0 Å². The Bertz CT molecular complexity index is 1250. The van der Waals surface area contributed by atoms with Gasteiger partial charge >= 0.3 is 5.97 Å². The summed E-state index contributed by atoms with van der Waals surface area (Å²) in [6, 6.07) is 6.55. The van der Waals surface area contributed by atoms with Crippen molar-refractivity contribution < 1.29 is 38.7 Å². The van der Waals surface area contributed by atoms with Gasteiger partial charge in [0.2, 0.25) is 0 Å². The van der Waals surface area contributed by atoms with E-state index in [2.05, 4.69) is 11.8 Å². The van der Waals surface area contributed by atoms with Gasteiger partial charge in [-0.15, -0.1) is 0 Å². The molecule has 6 aliphatic rings. The molecule has 10 nitrogen and oxygen atoms in total. The first-order chi connectivity index (χ1) is 20.1. The molecule has 1 spiro atoms. The van der Waals surface area contributed by atoms with E-state index in [1.54, 1.807) is 52.7 Å². The molecule has 7 bridgehead atoms. The van der Waals surface area contributed by atoms with Crippen LogP contribution in [0.5, 0.6) is 0 Å². The van der Waals surface area contributed by atoms with E-state index >= 15 is 0 Å². The number of para-hydroxylation sites is 1. The minimum atomic E-state index is -1.62. The zero-order valence-electron chi connectivity index (χ0n) is 25.3. The van der Waals surface area contributed by atoms with Crippen LogP contribution in [-0.4, -0.2) is 111 Å². The number of hydrogen-bond donors (Lipinski definition) is 3. The highest BCUT2D eigenvalue weighted by Crippen LogP contribution is 2.80. The van der Waals surface area contributed by atoms with Gasteiger partial charge in [0.1, 0.15) is 11.2 Å². The molecule has 7 rings (SSSR count). The molecule has 5 aliphatic carbocycles. The first-order valence-corrected chi connectivity index (χ1v) is 15.5. The van der Waals surface area contributed by atoms with Crippen molar-refractivity contribution >= 4 is 11.7 Å². The molecule has 5 saturated carbocycles. The standard InChI is InChI=1S/C32H46N2O8/c1-6-34-15-29(16-42-27(35)17-9-7-8-10-20(17)33)12-11-22(39-3)31-19-13-18-21(38-2)14-30(36,23(19)24(18)40-4)32(37,28(31)34)26(41-5)25(29)31/h7-10,18-19,21-26,28,36-37H,6,11-16,33H2,1-5H3/t18-,19-,21+,22?,23-,24+,25-,26+,28+,29+,30-,31+,32+/m1/s1. The highest BCUT2D eigenvalue weighted by molar-refractivity contribution is 5.95. The zero-order chi connectivity index (χ0) is 29.8. The van der Waals surface area contributed by atoms with Crippen molar-refractivity contribution in [2.45, 2.75) is 74.3 Å². The van der Waals surface area contributed by atoms with Crippen molar-refractivity contribution in [3.05, 3.63) is 29.8 Å². The predicted molar refractivity (Wildman–Crippen MR) is 153 cm³/mol. The number of piperidine rings is 1. The van der Waals surface area contributed by atoms with Gasteiger partial charge in [-0.2, -0.15) is 0 Å². The molecule has 10 heteroatoms. The maximum Gasteiger partial charge on any atom is 0.340 e. The summed E-state index contributed by atoms with van der Waals surface area (Å²) in [4.78, 5) is 15.7. The molecule has 13 atom stereocenters. The lowest BCUT2D eigenvalue weighted by atomic mass is 9.42. The fourth-order valence-electron chi connectivity index (χ4n) is 12.0. The molecule has 232 valence electrons. The van der Waals surface area contributed by atoms with E-state index in [4.69, 9.17) is 29.4 Å². The monoisotopic (exact) mass is 586 g/mol. The molecule has 1 heterocycles. The maximum absolute atomic E-state index is 13.4. The molecule has 1 unspecified atom stereocenters. The predicted octanol–water partition coefficient (Wildman–Crippen LogP) is 1.72. The number of nitrogen functional groups attached to an aromatic ring is 1. The number of nitrogens with zero attached hydrogens (tertiary/aromatic N) is 1. The van der Waals surface area contributed by atoms with Crippen LogP contribution in [0.3, 0.4) is 0 Å². The van der Waals surface area contributed by atoms with Crippen molar-refractivity contribution in [3.63, 3.8) is 0 Å². The Labute approximate surface area is 247 Å². The van der Waals surface area contributed by atoms with E-state index in [0.717, 1.165) is 19.3 Å². The third kappa shape index (κ3) is 3.12. The largest absolute Gasteiger partial charge is 0.461 e. The first-order valence-electron chi connectivity index (χ1n) is 15.5. The molecule has 1 aromatic carbocycles. The lowest BCUT2D eigenvalue weighted by Crippen LogP contribution is -2.82. The summed E-state index contributed by atoms with van der Waals surface area (Å²) >= 11 is 0. The molecule has 4 N–H and O–H groups in total. The summed E-state index contributed by atoms with van der Waals surface area (Å²) in [5.41, 5.74) is 2.65. The number of likely N-dealkylation sites (N-methyl/N-ethyl adjacent to an activating group) is 1. The van der Waals surface area contributed by atoms with Crippen molar-refractivity contribution in [2.24, 2.45) is 34.5 Å². The Kier molecular flexibility index (Phi) is 6.62. The molecular weight excluding hydrogens is 540 g/mol. The Balaban J connectivity index is 1.41. The van der Waals surface area contributed by atoms with Crippen molar-refractivity contribution in [3.8, 4) is 0 Å². The number of hydrogen-bond acceptors (Lipinski definition) is 10. The Hall–Kier alpha value is -1.79. The lowest BCUT2D eigenvalue weighted by molar-refractivity contribution is -0.320. The maximum atomic E-state index is 13.4. The average Bonchev–Trinajstić information content (AvgIpc) is 3.41. The lowest BCUT2D eigenvalue weighted by Gasteiger charge is -2.70. The van der Waals surface area contributed by atoms with Crippen LogP contribution in [0.2, 0.25) is 0 Å². The molecule has 1 aromatic rings. The van der Waals surface area contributed by atoms with Crippen LogP contribution in [0, 0.1) is 34.5 Å². The Morgan fingerprint density at radius 1 is 1.10 bits per heavy atom. The van der Waals surface area contributed by atoms with E-state index in [1.165, 1.54) is 0 Å². The number of benzene rings is 1. The number of ether oxygens (including phenoxy) is 5. The van der Waals surface area contributed by atoms with Crippen LogP contribution in [0.1, 0.15) is 43.0 Å². The number of methoxy groups -OCH3 is 4. The van der Waals surface area contributed by atoms with Gasteiger partial charge in [0, 0.05) is 75.7 Å². The number of fused-ring (bicyclic) bond motifs is 2. The van der Waals surface area contributed by atoms with Crippen LogP contribution in [0.4, 0.5) is 5.69 Å². The molecule has 0 amide bonds. The number of likely N-dealkylation sites (tertiary alicyclic amines) is 1. The fraction of sp³-hybridized carbons (Fsp3) is 0.781. The van der Waals surface area contributed by atoms with Crippen molar-refractivity contribution in [1.29, 1.82) is 0 Å². The van der Waals surface area contributed by atoms with E-state index < -0.39 is 40.1 Å². The Morgan fingerprint density at radius 2 is 1.86 bits per heavy atom. The zero-order valence-corrected chi connectivity index (χ0v) is 25.3. The number of nitrogens with two attached hydrogens (primary N) is 1. The van der Waals surface area contributed by atoms with E-state index in [9.17, 15) is 15.0 Å². The SMILES string of the molecule is CCN1C[C@]2(COC(=O)c3ccccc3N)CCC(OC)[C@@]34[C@@H]5C[C@H]6[C@H](OC)[C@@H]5[C@](O)(C[C@@H]6OC)[C@](O)([C@@H](OC)[C@H]23)[C@@H]14. The van der Waals surface area contributed by atoms with Gasteiger partial charge < -0.3 is 39.6 Å². The van der Waals surface area contributed by atoms with E-state index in [0.29, 0.717) is 30.8 Å². The summed E-state index contributed by atoms with van der Waals surface area (Å²) in [6.45, 7) is 3.54. The van der Waals surface area contributed by atoms with Gasteiger partial charge in [-0.05, 0) is 43.9 Å². The molecular formula is C32H46N2O8. The van der Waals surface area contributed by atoms with E-state index in [-0.39, 0.29) is 48.6 Å². The molecule has 0 aromatic heterocycles. The van der Waals surface area contributed by atoms with Gasteiger partial charge in [0.05, 0.1) is 42.6 Å². The second-order valence-electron chi connectivity index (χ2n) is 13.8. The summed E-state index contributed by atoms with van der Waals surface area (Å²) in [5.74, 6) is -0.892. The summed E-state index contributed by atoms with van der Waals surface area (Å²) < 4.78 is 31.1. The minimum absolute atomic E-state index is 0.00697. The first kappa shape index (κ1) is 29.0. The third-order valence-corrected chi connectivity index (χ3v) is 13.0. The number of aliphatic hydroxyl groups is 2. The van der Waals surface area contributed by atoms with Crippen molar-refractivity contribution in [1.82, 2.24) is 4.90 Å². The molecule has 6 fully saturated rings. The summed E-state index contributed by atoms with van der Waals surface area (Å²) in [7, 11) is 6.80. The number of carbonyl (C=O) groups excluding carboxylic acids is 1. The highest BCUT2D eigenvalue weighted by Gasteiger charge is 2.91. The fourth-order valence-corrected chi connectivity index (χ4v) is 12.0. The summed E-state index contributed by atoms with van der Waals surface area (Å²) in [6.07, 6.45) is 1.22. The summed E-state index contributed by atoms with van der Waals surface area (Å²) in [5, 5.41) is 26.3. The van der Waals surface area contributed by atoms with Gasteiger partial charge in [-0.1, -0.05) is 19.1 Å². The second kappa shape index (κ2) is 9.60. The van der Waals surface area contributed by atoms with Gasteiger partial charge in [-0.3, -0.25) is 4.90 Å². The normalized spacial score (nSPS) is 50.1. The second-order valence-corrected chi connectivity index (χ2v) is 13.8. The quantitative estimate of drug-likeness (QED) is 0.306. The third-order valence-electron chi connectivity index (χ3n) is 13.0.